The van der Waals surface area contributed by atoms with E-state index in [1.807, 2.05) is 6.07 Å². The number of Topliss-reactive ketones (excluding diaryl/α,β-unsaturated/α-hetero) is 1. The summed E-state index contributed by atoms with van der Waals surface area (Å²) in [5.41, 5.74) is 1.29. The lowest BCUT2D eigenvalue weighted by Gasteiger charge is -2.15. The third-order valence-corrected chi connectivity index (χ3v) is 4.89. The van der Waals surface area contributed by atoms with Crippen LogP contribution in [0.15, 0.2) is 36.9 Å². The fourth-order valence-corrected chi connectivity index (χ4v) is 2.98. The van der Waals surface area contributed by atoms with Gasteiger partial charge in [-0.05, 0) is 18.4 Å². The standard InChI is InChI=1S/C15H21O4P/c1-4-5-6-11-15(16)14-10-8-7-9-13(14)12-20(17,18-2)19-3/h4,7-10H,1,5-6,11-12H2,2-3H3. The molecule has 0 spiro atoms. The molecule has 0 aliphatic rings. The minimum Gasteiger partial charge on any atom is -0.312 e. The third kappa shape index (κ3) is 4.71. The molecule has 20 heavy (non-hydrogen) atoms. The topological polar surface area (TPSA) is 52.6 Å². The quantitative estimate of drug-likeness (QED) is 0.296. The average Bonchev–Trinajstić information content (AvgIpc) is 2.47. The maximum absolute atomic E-state index is 12.2. The van der Waals surface area contributed by atoms with E-state index in [1.54, 1.807) is 24.3 Å². The van der Waals surface area contributed by atoms with Crippen molar-refractivity contribution in [1.82, 2.24) is 0 Å². The fraction of sp³-hybridized carbons (Fsp3) is 0.400. The van der Waals surface area contributed by atoms with Crippen LogP contribution >= 0.6 is 7.60 Å². The first-order valence-electron chi connectivity index (χ1n) is 6.49. The molecule has 0 amide bonds. The number of ketones is 1. The number of carbonyl (C=O) groups excluding carboxylic acids is 1. The van der Waals surface area contributed by atoms with Gasteiger partial charge >= 0.3 is 7.60 Å². The lowest BCUT2D eigenvalue weighted by Crippen LogP contribution is -2.05. The van der Waals surface area contributed by atoms with Gasteiger partial charge in [0.1, 0.15) is 0 Å². The van der Waals surface area contributed by atoms with Crippen LogP contribution in [0.4, 0.5) is 0 Å². The predicted molar refractivity (Wildman–Crippen MR) is 80.1 cm³/mol. The molecular formula is C15H21O4P. The Hall–Kier alpha value is -1.22. The number of hydrogen-bond donors (Lipinski definition) is 0. The van der Waals surface area contributed by atoms with Gasteiger partial charge in [-0.1, -0.05) is 30.3 Å². The molecule has 0 aromatic heterocycles. The van der Waals surface area contributed by atoms with Gasteiger partial charge in [-0.3, -0.25) is 9.36 Å². The van der Waals surface area contributed by atoms with Gasteiger partial charge in [0, 0.05) is 26.2 Å². The predicted octanol–water partition coefficient (Wildman–Crippen LogP) is 4.21. The number of unbranched alkanes of at least 4 members (excludes halogenated alkanes) is 1. The van der Waals surface area contributed by atoms with Gasteiger partial charge in [-0.25, -0.2) is 0 Å². The second-order valence-corrected chi connectivity index (χ2v) is 6.66. The van der Waals surface area contributed by atoms with Crippen molar-refractivity contribution in [3.63, 3.8) is 0 Å². The van der Waals surface area contributed by atoms with Crippen LogP contribution in [-0.2, 0) is 19.8 Å². The Morgan fingerprint density at radius 2 is 1.95 bits per heavy atom. The summed E-state index contributed by atoms with van der Waals surface area (Å²) < 4.78 is 22.1. The highest BCUT2D eigenvalue weighted by Crippen LogP contribution is 2.50. The third-order valence-electron chi connectivity index (χ3n) is 3.05. The minimum absolute atomic E-state index is 0.0428. The Labute approximate surface area is 120 Å². The van der Waals surface area contributed by atoms with E-state index in [0.29, 0.717) is 17.5 Å². The molecule has 0 saturated carbocycles. The van der Waals surface area contributed by atoms with Crippen molar-refractivity contribution in [1.29, 1.82) is 0 Å². The van der Waals surface area contributed by atoms with E-state index in [2.05, 4.69) is 6.58 Å². The highest BCUT2D eigenvalue weighted by molar-refractivity contribution is 7.52. The molecule has 0 heterocycles. The summed E-state index contributed by atoms with van der Waals surface area (Å²) >= 11 is 0. The summed E-state index contributed by atoms with van der Waals surface area (Å²) in [5, 5.41) is 0. The second-order valence-electron chi connectivity index (χ2n) is 4.40. The summed E-state index contributed by atoms with van der Waals surface area (Å²) in [6.45, 7) is 3.64. The van der Waals surface area contributed by atoms with Gasteiger partial charge in [0.2, 0.25) is 0 Å². The average molecular weight is 296 g/mol. The molecule has 1 aromatic rings. The van der Waals surface area contributed by atoms with Crippen LogP contribution in [0.5, 0.6) is 0 Å². The van der Waals surface area contributed by atoms with Crippen LogP contribution in [0.2, 0.25) is 0 Å². The first kappa shape index (κ1) is 16.8. The zero-order valence-electron chi connectivity index (χ0n) is 12.0. The molecule has 0 fully saturated rings. The molecule has 1 rings (SSSR count). The van der Waals surface area contributed by atoms with Crippen LogP contribution in [0.1, 0.15) is 35.2 Å². The van der Waals surface area contributed by atoms with E-state index in [9.17, 15) is 9.36 Å². The number of hydrogen-bond acceptors (Lipinski definition) is 4. The summed E-state index contributed by atoms with van der Waals surface area (Å²) in [4.78, 5) is 12.2. The maximum atomic E-state index is 12.2. The number of benzene rings is 1. The molecule has 1 aromatic carbocycles. The Morgan fingerprint density at radius 1 is 1.30 bits per heavy atom. The molecule has 0 bridgehead atoms. The molecule has 0 radical (unpaired) electrons. The van der Waals surface area contributed by atoms with E-state index < -0.39 is 7.60 Å². The highest BCUT2D eigenvalue weighted by Gasteiger charge is 2.24. The van der Waals surface area contributed by atoms with Gasteiger partial charge in [-0.2, -0.15) is 0 Å². The molecule has 0 unspecified atom stereocenters. The Kier molecular flexibility index (Phi) is 6.86. The first-order chi connectivity index (χ1) is 9.56. The minimum atomic E-state index is -3.17. The second kappa shape index (κ2) is 8.15. The largest absolute Gasteiger partial charge is 0.334 e. The van der Waals surface area contributed by atoms with Crippen molar-refractivity contribution in [3.8, 4) is 0 Å². The molecule has 0 aliphatic carbocycles. The van der Waals surface area contributed by atoms with Crippen molar-refractivity contribution in [2.45, 2.75) is 25.4 Å². The van der Waals surface area contributed by atoms with Crippen molar-refractivity contribution < 1.29 is 18.4 Å². The Morgan fingerprint density at radius 3 is 2.55 bits per heavy atom. The molecular weight excluding hydrogens is 275 g/mol. The van der Waals surface area contributed by atoms with Crippen LogP contribution in [0, 0.1) is 0 Å². The van der Waals surface area contributed by atoms with E-state index >= 15 is 0 Å². The number of rotatable bonds is 9. The summed E-state index contributed by atoms with van der Waals surface area (Å²) in [6, 6.07) is 7.15. The lowest BCUT2D eigenvalue weighted by atomic mass is 10.0. The zero-order valence-corrected chi connectivity index (χ0v) is 12.9. The molecule has 0 saturated heterocycles. The van der Waals surface area contributed by atoms with Crippen LogP contribution < -0.4 is 0 Å². The fourth-order valence-electron chi connectivity index (χ4n) is 1.88. The molecule has 4 nitrogen and oxygen atoms in total. The van der Waals surface area contributed by atoms with E-state index in [0.717, 1.165) is 12.8 Å². The summed E-state index contributed by atoms with van der Waals surface area (Å²) in [6.07, 6.45) is 3.92. The Balaban J connectivity index is 2.90. The van der Waals surface area contributed by atoms with Crippen molar-refractivity contribution in [3.05, 3.63) is 48.0 Å². The normalized spacial score (nSPS) is 11.3. The van der Waals surface area contributed by atoms with Crippen LogP contribution in [0.3, 0.4) is 0 Å². The lowest BCUT2D eigenvalue weighted by molar-refractivity contribution is 0.0979. The maximum Gasteiger partial charge on any atom is 0.334 e. The van der Waals surface area contributed by atoms with Crippen molar-refractivity contribution >= 4 is 13.4 Å². The van der Waals surface area contributed by atoms with Gasteiger partial charge in [0.15, 0.2) is 5.78 Å². The molecule has 5 heteroatoms. The molecule has 0 N–H and O–H groups in total. The van der Waals surface area contributed by atoms with Gasteiger partial charge in [0.25, 0.3) is 0 Å². The number of carbonyl (C=O) groups is 1. The van der Waals surface area contributed by atoms with Gasteiger partial charge in [-0.15, -0.1) is 6.58 Å². The highest BCUT2D eigenvalue weighted by atomic mass is 31.2. The van der Waals surface area contributed by atoms with Gasteiger partial charge in [0.05, 0.1) is 6.16 Å². The van der Waals surface area contributed by atoms with Crippen molar-refractivity contribution in [2.24, 2.45) is 0 Å². The Bertz CT molecular complexity index is 502. The van der Waals surface area contributed by atoms with Crippen molar-refractivity contribution in [2.75, 3.05) is 14.2 Å². The van der Waals surface area contributed by atoms with E-state index in [4.69, 9.17) is 9.05 Å². The zero-order chi connectivity index (χ0) is 15.0. The molecule has 0 atom stereocenters. The SMILES string of the molecule is C=CCCCC(=O)c1ccccc1CP(=O)(OC)OC. The summed E-state index contributed by atoms with van der Waals surface area (Å²) in [5.74, 6) is 0.0428. The first-order valence-corrected chi connectivity index (χ1v) is 8.21. The monoisotopic (exact) mass is 296 g/mol. The smallest absolute Gasteiger partial charge is 0.312 e. The molecule has 110 valence electrons. The van der Waals surface area contributed by atoms with E-state index in [-0.39, 0.29) is 11.9 Å². The van der Waals surface area contributed by atoms with Crippen LogP contribution in [0.25, 0.3) is 0 Å². The van der Waals surface area contributed by atoms with E-state index in [1.165, 1.54) is 14.2 Å². The molecule has 0 aliphatic heterocycles. The van der Waals surface area contributed by atoms with Gasteiger partial charge < -0.3 is 9.05 Å². The number of allylic oxidation sites excluding steroid dienone is 1. The van der Waals surface area contributed by atoms with Crippen LogP contribution in [-0.4, -0.2) is 20.0 Å². The summed E-state index contributed by atoms with van der Waals surface area (Å²) in [7, 11) is -0.478.